The van der Waals surface area contributed by atoms with Crippen LogP contribution in [0.25, 0.3) is 15.8 Å². The van der Waals surface area contributed by atoms with Crippen molar-refractivity contribution in [3.05, 3.63) is 76.8 Å². The Morgan fingerprint density at radius 1 is 1.00 bits per heavy atom. The zero-order chi connectivity index (χ0) is 31.4. The van der Waals surface area contributed by atoms with E-state index in [1.54, 1.807) is 16.2 Å². The number of alkyl halides is 3. The molecule has 0 bridgehead atoms. The molecule has 234 valence electrons. The van der Waals surface area contributed by atoms with E-state index < -0.39 is 18.1 Å². The molecule has 0 N–H and O–H groups in total. The van der Waals surface area contributed by atoms with Gasteiger partial charge in [-0.05, 0) is 74.6 Å². The third-order valence-electron chi connectivity index (χ3n) is 8.29. The zero-order valence-corrected chi connectivity index (χ0v) is 25.8. The molecule has 0 radical (unpaired) electrons. The molecular formula is C33H37F3N4O3S. The first kappa shape index (κ1) is 31.7. The molecule has 0 spiro atoms. The van der Waals surface area contributed by atoms with Gasteiger partial charge < -0.3 is 14.5 Å². The first-order valence-electron chi connectivity index (χ1n) is 14.9. The Morgan fingerprint density at radius 2 is 1.68 bits per heavy atom. The molecule has 2 aliphatic rings. The smallest absolute Gasteiger partial charge is 0.403 e. The van der Waals surface area contributed by atoms with Crippen LogP contribution < -0.4 is 4.74 Å². The van der Waals surface area contributed by atoms with E-state index in [-0.39, 0.29) is 44.3 Å². The maximum atomic E-state index is 13.9. The van der Waals surface area contributed by atoms with Gasteiger partial charge in [0.05, 0.1) is 10.2 Å². The van der Waals surface area contributed by atoms with Crippen molar-refractivity contribution in [2.75, 3.05) is 39.3 Å². The predicted octanol–water partition coefficient (Wildman–Crippen LogP) is 6.23. The van der Waals surface area contributed by atoms with E-state index in [1.165, 1.54) is 15.9 Å². The second kappa shape index (κ2) is 13.5. The highest BCUT2D eigenvalue weighted by atomic mass is 32.1. The second-order valence-corrected chi connectivity index (χ2v) is 12.4. The molecule has 0 aliphatic carbocycles. The average molecular weight is 627 g/mol. The molecule has 1 unspecified atom stereocenters. The van der Waals surface area contributed by atoms with Crippen LogP contribution in [0.3, 0.4) is 0 Å². The van der Waals surface area contributed by atoms with Gasteiger partial charge in [-0.2, -0.15) is 13.2 Å². The van der Waals surface area contributed by atoms with Crippen LogP contribution in [0.2, 0.25) is 0 Å². The Bertz CT molecular complexity index is 1520. The molecule has 0 saturated carbocycles. The van der Waals surface area contributed by atoms with Gasteiger partial charge in [-0.1, -0.05) is 24.8 Å². The summed E-state index contributed by atoms with van der Waals surface area (Å²) in [7, 11) is 0. The minimum atomic E-state index is -4.33. The first-order chi connectivity index (χ1) is 21.0. The number of carbonyl (C=O) groups is 2. The number of hydrogen-bond acceptors (Lipinski definition) is 6. The van der Waals surface area contributed by atoms with Crippen LogP contribution in [0.1, 0.15) is 42.3 Å². The Labute approximate surface area is 259 Å². The normalized spacial score (nSPS) is 17.5. The molecule has 11 heteroatoms. The lowest BCUT2D eigenvalue weighted by atomic mass is 9.96. The van der Waals surface area contributed by atoms with E-state index in [1.807, 2.05) is 49.4 Å². The van der Waals surface area contributed by atoms with Gasteiger partial charge >= 0.3 is 6.18 Å². The molecular weight excluding hydrogens is 589 g/mol. The van der Waals surface area contributed by atoms with E-state index in [2.05, 4.69) is 11.6 Å². The molecule has 3 aromatic rings. The average Bonchev–Trinajstić information content (AvgIpc) is 3.45. The molecule has 3 heterocycles. The molecule has 44 heavy (non-hydrogen) atoms. The monoisotopic (exact) mass is 626 g/mol. The highest BCUT2D eigenvalue weighted by Gasteiger charge is 2.41. The van der Waals surface area contributed by atoms with E-state index in [9.17, 15) is 22.8 Å². The summed E-state index contributed by atoms with van der Waals surface area (Å²) in [6.07, 6.45) is 0.0745. The van der Waals surface area contributed by atoms with Crippen LogP contribution in [-0.4, -0.2) is 83.0 Å². The van der Waals surface area contributed by atoms with Gasteiger partial charge in [0.15, 0.2) is 0 Å². The van der Waals surface area contributed by atoms with Crippen LogP contribution in [0.4, 0.5) is 13.2 Å². The van der Waals surface area contributed by atoms with Crippen molar-refractivity contribution in [2.45, 2.75) is 51.9 Å². The number of amides is 2. The molecule has 2 saturated heterocycles. The van der Waals surface area contributed by atoms with Crippen LogP contribution in [0, 0.1) is 6.92 Å². The Kier molecular flexibility index (Phi) is 9.75. The third-order valence-corrected chi connectivity index (χ3v) is 9.30. The van der Waals surface area contributed by atoms with Gasteiger partial charge in [0.2, 0.25) is 0 Å². The molecule has 1 atom stereocenters. The van der Waals surface area contributed by atoms with Crippen molar-refractivity contribution >= 4 is 38.9 Å². The van der Waals surface area contributed by atoms with Gasteiger partial charge in [0.1, 0.15) is 23.4 Å². The van der Waals surface area contributed by atoms with Crippen molar-refractivity contribution in [3.8, 4) is 5.75 Å². The predicted molar refractivity (Wildman–Crippen MR) is 166 cm³/mol. The minimum absolute atomic E-state index is 0.107. The van der Waals surface area contributed by atoms with Crippen LogP contribution >= 0.6 is 11.3 Å². The lowest BCUT2D eigenvalue weighted by Crippen LogP contribution is -2.54. The molecule has 2 aliphatic heterocycles. The zero-order valence-electron chi connectivity index (χ0n) is 25.0. The fourth-order valence-electron chi connectivity index (χ4n) is 5.59. The number of piperazine rings is 1. The number of ether oxygens (including phenoxy) is 1. The fraction of sp³-hybridized carbons (Fsp3) is 0.424. The van der Waals surface area contributed by atoms with Gasteiger partial charge in [0, 0.05) is 50.4 Å². The number of nitrogens with zero attached hydrogens (tertiary/aromatic N) is 4. The van der Waals surface area contributed by atoms with Crippen molar-refractivity contribution in [1.82, 2.24) is 19.7 Å². The van der Waals surface area contributed by atoms with Crippen LogP contribution in [0.5, 0.6) is 5.75 Å². The van der Waals surface area contributed by atoms with Crippen molar-refractivity contribution < 1.29 is 27.5 Å². The van der Waals surface area contributed by atoms with Crippen molar-refractivity contribution in [2.24, 2.45) is 0 Å². The molecule has 1 aromatic heterocycles. The minimum Gasteiger partial charge on any atom is -0.486 e. The van der Waals surface area contributed by atoms with Crippen LogP contribution in [-0.2, 0) is 16.2 Å². The van der Waals surface area contributed by atoms with Crippen LogP contribution in [0.15, 0.2) is 60.7 Å². The van der Waals surface area contributed by atoms with Crippen molar-refractivity contribution in [1.29, 1.82) is 0 Å². The Morgan fingerprint density at radius 3 is 2.36 bits per heavy atom. The van der Waals surface area contributed by atoms with Gasteiger partial charge in [-0.25, -0.2) is 4.98 Å². The summed E-state index contributed by atoms with van der Waals surface area (Å²) >= 11 is 1.56. The number of para-hydroxylation sites is 1. The molecule has 2 amide bonds. The summed E-state index contributed by atoms with van der Waals surface area (Å²) in [5.74, 6) is -0.0166. The van der Waals surface area contributed by atoms with E-state index in [0.717, 1.165) is 47.0 Å². The summed E-state index contributed by atoms with van der Waals surface area (Å²) in [6.45, 7) is 9.06. The lowest BCUT2D eigenvalue weighted by Gasteiger charge is -2.38. The number of hydrogen-bond donors (Lipinski definition) is 0. The standard InChI is InChI=1S/C33H37F3N4O3S/c1-22-11-12-25(43-21-30-37-28-9-5-6-10-29(28)44-30)20-26(22)27(32(42)39-13-7-4-8-14-39)19-23(2)31(41)40-17-15-38(16-18-40)24(3)33(34,35)36/h5-6,9-12,19-20,24H,2,4,7-8,13-18,21H2,1,3H3/b27-19+. The lowest BCUT2D eigenvalue weighted by molar-refractivity contribution is -0.182. The number of halogens is 3. The number of piperidine rings is 1. The number of thiazole rings is 1. The number of fused-ring (bicyclic) bond motifs is 1. The first-order valence-corrected chi connectivity index (χ1v) is 15.7. The maximum Gasteiger partial charge on any atom is 0.403 e. The maximum absolute atomic E-state index is 13.9. The van der Waals surface area contributed by atoms with Gasteiger partial charge in [0.25, 0.3) is 11.8 Å². The van der Waals surface area contributed by atoms with Crippen molar-refractivity contribution in [3.63, 3.8) is 0 Å². The number of aromatic nitrogens is 1. The molecule has 7 nitrogen and oxygen atoms in total. The molecule has 2 aromatic carbocycles. The second-order valence-electron chi connectivity index (χ2n) is 11.3. The van der Waals surface area contributed by atoms with E-state index >= 15 is 0 Å². The largest absolute Gasteiger partial charge is 0.486 e. The van der Waals surface area contributed by atoms with Gasteiger partial charge in [-0.3, -0.25) is 14.5 Å². The number of aryl methyl sites for hydroxylation is 1. The topological polar surface area (TPSA) is 66.0 Å². The SMILES string of the molecule is C=C(/C=C(/C(=O)N1CCCCC1)c1cc(OCc2nc3ccccc3s2)ccc1C)C(=O)N1CCN(C(C)C(F)(F)F)CC1. The summed E-state index contributed by atoms with van der Waals surface area (Å²) in [5, 5.41) is 0.831. The quantitative estimate of drug-likeness (QED) is 0.219. The fourth-order valence-corrected chi connectivity index (χ4v) is 6.47. The number of rotatable bonds is 8. The Hall–Kier alpha value is -3.70. The van der Waals surface area contributed by atoms with E-state index in [0.29, 0.717) is 30.0 Å². The molecule has 2 fully saturated rings. The highest BCUT2D eigenvalue weighted by Crippen LogP contribution is 2.30. The summed E-state index contributed by atoms with van der Waals surface area (Å²) < 4.78 is 46.8. The highest BCUT2D eigenvalue weighted by molar-refractivity contribution is 7.18. The third kappa shape index (κ3) is 7.32. The summed E-state index contributed by atoms with van der Waals surface area (Å²) in [4.78, 5) is 36.6. The summed E-state index contributed by atoms with van der Waals surface area (Å²) in [5.41, 5.74) is 2.85. The van der Waals surface area contributed by atoms with E-state index in [4.69, 9.17) is 4.74 Å². The molecule has 5 rings (SSSR count). The number of benzene rings is 2. The Balaban J connectivity index is 1.36. The summed E-state index contributed by atoms with van der Waals surface area (Å²) in [6, 6.07) is 11.8. The number of likely N-dealkylation sites (tertiary alicyclic amines) is 1. The van der Waals surface area contributed by atoms with Gasteiger partial charge in [-0.15, -0.1) is 11.3 Å². The number of carbonyl (C=O) groups excluding carboxylic acids is 2.